The molecule has 4 N–H and O–H groups in total. The van der Waals surface area contributed by atoms with E-state index in [1.165, 1.54) is 0 Å². The first-order valence-electron chi connectivity index (χ1n) is 7.21. The number of nitrogens with two attached hydrogens (primary N) is 1. The van der Waals surface area contributed by atoms with Gasteiger partial charge in [0.15, 0.2) is 0 Å². The molecule has 0 aliphatic heterocycles. The average Bonchev–Trinajstić information content (AvgIpc) is 3.01. The van der Waals surface area contributed by atoms with Gasteiger partial charge in [0.1, 0.15) is 11.4 Å². The van der Waals surface area contributed by atoms with Crippen molar-refractivity contribution in [1.82, 2.24) is 15.2 Å². The first-order valence-corrected chi connectivity index (χ1v) is 7.21. The van der Waals surface area contributed by atoms with Crippen LogP contribution in [0, 0.1) is 0 Å². The summed E-state index contributed by atoms with van der Waals surface area (Å²) in [5.41, 5.74) is 5.85. The Bertz CT molecular complexity index is 598. The highest BCUT2D eigenvalue weighted by Gasteiger charge is 2.47. The fourth-order valence-corrected chi connectivity index (χ4v) is 3.22. The summed E-state index contributed by atoms with van der Waals surface area (Å²) < 4.78 is 0. The molecule has 2 unspecified atom stereocenters. The Morgan fingerprint density at radius 1 is 1.38 bits per heavy atom. The fraction of sp³-hybridized carbons (Fsp3) is 0.400. The van der Waals surface area contributed by atoms with Crippen molar-refractivity contribution >= 4 is 11.7 Å². The van der Waals surface area contributed by atoms with E-state index in [0.717, 1.165) is 25.0 Å². The standard InChI is InChI=1S/C15H19N5O/c16-14(21)15(19-13-7-10-18-20-13)8-3-1-5-11(15)12-6-2-4-9-17-12/h2,4,6-7,9-11H,1,3,5,8H2,(H2,16,21)(H2,18,19,20). The van der Waals surface area contributed by atoms with Gasteiger partial charge >= 0.3 is 0 Å². The van der Waals surface area contributed by atoms with Gasteiger partial charge in [0.2, 0.25) is 5.91 Å². The van der Waals surface area contributed by atoms with Crippen LogP contribution in [0.5, 0.6) is 0 Å². The lowest BCUT2D eigenvalue weighted by atomic mass is 9.70. The lowest BCUT2D eigenvalue weighted by Gasteiger charge is -2.42. The van der Waals surface area contributed by atoms with Crippen molar-refractivity contribution < 1.29 is 4.79 Å². The Balaban J connectivity index is 2.00. The molecule has 0 radical (unpaired) electrons. The molecule has 6 nitrogen and oxygen atoms in total. The van der Waals surface area contributed by atoms with Crippen molar-refractivity contribution in [1.29, 1.82) is 0 Å². The van der Waals surface area contributed by atoms with Gasteiger partial charge in [0.25, 0.3) is 0 Å². The van der Waals surface area contributed by atoms with E-state index in [9.17, 15) is 4.79 Å². The molecule has 0 bridgehead atoms. The smallest absolute Gasteiger partial charge is 0.243 e. The average molecular weight is 285 g/mol. The van der Waals surface area contributed by atoms with Gasteiger partial charge in [-0.25, -0.2) is 0 Å². The third-order valence-electron chi connectivity index (χ3n) is 4.25. The molecular formula is C15H19N5O. The Morgan fingerprint density at radius 3 is 2.95 bits per heavy atom. The van der Waals surface area contributed by atoms with Crippen LogP contribution in [0.25, 0.3) is 0 Å². The number of hydrogen-bond acceptors (Lipinski definition) is 4. The molecule has 0 spiro atoms. The van der Waals surface area contributed by atoms with Crippen LogP contribution in [-0.4, -0.2) is 26.6 Å². The number of pyridine rings is 1. The maximum atomic E-state index is 12.3. The van der Waals surface area contributed by atoms with Gasteiger partial charge in [0, 0.05) is 24.0 Å². The number of H-pyrrole nitrogens is 1. The molecule has 1 saturated carbocycles. The van der Waals surface area contributed by atoms with E-state index in [2.05, 4.69) is 20.5 Å². The number of rotatable bonds is 4. The lowest BCUT2D eigenvalue weighted by Crippen LogP contribution is -2.56. The molecule has 3 rings (SSSR count). The van der Waals surface area contributed by atoms with Gasteiger partial charge in [-0.15, -0.1) is 0 Å². The summed E-state index contributed by atoms with van der Waals surface area (Å²) in [5, 5.41) is 10.1. The molecule has 21 heavy (non-hydrogen) atoms. The van der Waals surface area contributed by atoms with E-state index in [1.54, 1.807) is 18.5 Å². The van der Waals surface area contributed by atoms with Crippen molar-refractivity contribution in [2.45, 2.75) is 37.1 Å². The number of carbonyl (C=O) groups excluding carboxylic acids is 1. The summed E-state index contributed by atoms with van der Waals surface area (Å²) >= 11 is 0. The van der Waals surface area contributed by atoms with Crippen LogP contribution in [0.1, 0.15) is 37.3 Å². The molecule has 2 aromatic heterocycles. The van der Waals surface area contributed by atoms with Crippen LogP contribution in [-0.2, 0) is 4.79 Å². The van der Waals surface area contributed by atoms with Crippen molar-refractivity contribution in [3.8, 4) is 0 Å². The van der Waals surface area contributed by atoms with E-state index < -0.39 is 5.54 Å². The fourth-order valence-electron chi connectivity index (χ4n) is 3.22. The minimum absolute atomic E-state index is 0.0401. The molecule has 2 atom stereocenters. The van der Waals surface area contributed by atoms with Gasteiger partial charge in [0.05, 0.1) is 0 Å². The minimum Gasteiger partial charge on any atom is -0.368 e. The third kappa shape index (κ3) is 2.49. The van der Waals surface area contributed by atoms with Gasteiger partial charge in [-0.2, -0.15) is 5.10 Å². The first-order chi connectivity index (χ1) is 10.2. The number of carbonyl (C=O) groups is 1. The van der Waals surface area contributed by atoms with Crippen LogP contribution in [0.3, 0.4) is 0 Å². The van der Waals surface area contributed by atoms with Gasteiger partial charge in [-0.1, -0.05) is 18.9 Å². The lowest BCUT2D eigenvalue weighted by molar-refractivity contribution is -0.124. The number of nitrogens with zero attached hydrogens (tertiary/aromatic N) is 2. The van der Waals surface area contributed by atoms with Crippen molar-refractivity contribution in [2.24, 2.45) is 5.73 Å². The quantitative estimate of drug-likeness (QED) is 0.798. The zero-order valence-corrected chi connectivity index (χ0v) is 11.7. The van der Waals surface area contributed by atoms with E-state index in [-0.39, 0.29) is 11.8 Å². The number of primary amides is 1. The number of amides is 1. The summed E-state index contributed by atoms with van der Waals surface area (Å²) in [6.45, 7) is 0. The zero-order chi connectivity index (χ0) is 14.7. The Hall–Kier alpha value is -2.37. The van der Waals surface area contributed by atoms with Crippen LogP contribution in [0.15, 0.2) is 36.7 Å². The molecule has 1 amide bonds. The molecule has 6 heteroatoms. The predicted molar refractivity (Wildman–Crippen MR) is 79.6 cm³/mol. The summed E-state index contributed by atoms with van der Waals surface area (Å²) in [6.07, 6.45) is 7.08. The van der Waals surface area contributed by atoms with Crippen molar-refractivity contribution in [3.63, 3.8) is 0 Å². The van der Waals surface area contributed by atoms with E-state index in [1.807, 2.05) is 18.2 Å². The summed E-state index contributed by atoms with van der Waals surface area (Å²) in [7, 11) is 0. The highest BCUT2D eigenvalue weighted by molar-refractivity contribution is 5.89. The number of aromatic amines is 1. The molecule has 2 heterocycles. The van der Waals surface area contributed by atoms with E-state index in [0.29, 0.717) is 12.2 Å². The molecule has 1 aliphatic carbocycles. The number of anilines is 1. The van der Waals surface area contributed by atoms with Crippen LogP contribution < -0.4 is 11.1 Å². The second kappa shape index (κ2) is 5.55. The normalized spacial score (nSPS) is 25.4. The number of aromatic nitrogens is 3. The van der Waals surface area contributed by atoms with Gasteiger partial charge in [-0.3, -0.25) is 14.9 Å². The maximum Gasteiger partial charge on any atom is 0.243 e. The number of nitrogens with one attached hydrogen (secondary N) is 2. The van der Waals surface area contributed by atoms with Crippen molar-refractivity contribution in [3.05, 3.63) is 42.4 Å². The van der Waals surface area contributed by atoms with Gasteiger partial charge in [-0.05, 0) is 31.0 Å². The summed E-state index contributed by atoms with van der Waals surface area (Å²) in [4.78, 5) is 16.7. The highest BCUT2D eigenvalue weighted by Crippen LogP contribution is 2.42. The maximum absolute atomic E-state index is 12.3. The Labute approximate surface area is 123 Å². The van der Waals surface area contributed by atoms with E-state index >= 15 is 0 Å². The molecule has 0 aromatic carbocycles. The second-order valence-electron chi connectivity index (χ2n) is 5.47. The Kier molecular flexibility index (Phi) is 3.60. The monoisotopic (exact) mass is 285 g/mol. The molecule has 1 fully saturated rings. The molecule has 0 saturated heterocycles. The van der Waals surface area contributed by atoms with Crippen molar-refractivity contribution in [2.75, 3.05) is 5.32 Å². The van der Waals surface area contributed by atoms with E-state index in [4.69, 9.17) is 5.73 Å². The highest BCUT2D eigenvalue weighted by atomic mass is 16.1. The topological polar surface area (TPSA) is 96.7 Å². The predicted octanol–water partition coefficient (Wildman–Crippen LogP) is 1.80. The SMILES string of the molecule is NC(=O)C1(Nc2cc[nH]n2)CCCCC1c1ccccn1. The zero-order valence-electron chi connectivity index (χ0n) is 11.7. The van der Waals surface area contributed by atoms with Crippen LogP contribution in [0.4, 0.5) is 5.82 Å². The number of hydrogen-bond donors (Lipinski definition) is 3. The van der Waals surface area contributed by atoms with Gasteiger partial charge < -0.3 is 11.1 Å². The van der Waals surface area contributed by atoms with Crippen LogP contribution in [0.2, 0.25) is 0 Å². The third-order valence-corrected chi connectivity index (χ3v) is 4.25. The summed E-state index contributed by atoms with van der Waals surface area (Å²) in [6, 6.07) is 7.57. The van der Waals surface area contributed by atoms with Crippen LogP contribution >= 0.6 is 0 Å². The largest absolute Gasteiger partial charge is 0.368 e. The molecule has 1 aliphatic rings. The molecule has 110 valence electrons. The summed E-state index contributed by atoms with van der Waals surface area (Å²) in [5.74, 6) is 0.249. The Morgan fingerprint density at radius 2 is 2.29 bits per heavy atom. The molecular weight excluding hydrogens is 266 g/mol. The molecule has 2 aromatic rings. The first kappa shape index (κ1) is 13.6. The second-order valence-corrected chi connectivity index (χ2v) is 5.47. The minimum atomic E-state index is -0.832.